The predicted molar refractivity (Wildman–Crippen MR) is 47.2 cm³/mol. The van der Waals surface area contributed by atoms with Crippen LogP contribution in [0.15, 0.2) is 0 Å². The van der Waals surface area contributed by atoms with Crippen molar-refractivity contribution < 1.29 is 103 Å². The van der Waals surface area contributed by atoms with Gasteiger partial charge in [0.05, 0.1) is 14.4 Å². The molecule has 0 aromatic rings. The van der Waals surface area contributed by atoms with Gasteiger partial charge in [-0.1, -0.05) is 0 Å². The fraction of sp³-hybridized carbons (Fsp3) is 1.00. The Balaban J connectivity index is 0. The van der Waals surface area contributed by atoms with Crippen LogP contribution in [0.5, 0.6) is 0 Å². The van der Waals surface area contributed by atoms with E-state index in [1.807, 2.05) is 0 Å². The van der Waals surface area contributed by atoms with Gasteiger partial charge in [-0.15, -0.1) is 0 Å². The minimum Gasteiger partial charge on any atom is -0.790 e. The molecule has 1 aliphatic rings. The number of hydrogen-bond acceptors (Lipinski definition) is 9. The summed E-state index contributed by atoms with van der Waals surface area (Å²) in [5.41, 5.74) is 0. The topological polar surface area (TPSA) is 152 Å². The molecule has 1 saturated heterocycles. The number of methoxy groups -OCH3 is 1. The Kier molecular flexibility index (Phi) is 12.0. The molecular formula is C7H13Na2O9P. The molecule has 1 rings (SSSR count). The van der Waals surface area contributed by atoms with Crippen LogP contribution in [0.4, 0.5) is 0 Å². The second-order valence-corrected chi connectivity index (χ2v) is 4.65. The van der Waals surface area contributed by atoms with Crippen molar-refractivity contribution >= 4 is 7.82 Å². The van der Waals surface area contributed by atoms with Crippen molar-refractivity contribution in [2.24, 2.45) is 0 Å². The van der Waals surface area contributed by atoms with E-state index in [1.54, 1.807) is 0 Å². The van der Waals surface area contributed by atoms with Gasteiger partial charge in [-0.2, -0.15) is 0 Å². The first-order valence-corrected chi connectivity index (χ1v) is 6.11. The predicted octanol–water partition coefficient (Wildman–Crippen LogP) is -9.71. The van der Waals surface area contributed by atoms with Crippen molar-refractivity contribution in [3.8, 4) is 0 Å². The molecule has 1 fully saturated rings. The van der Waals surface area contributed by atoms with Crippen LogP contribution in [0.1, 0.15) is 0 Å². The Bertz CT molecular complexity index is 298. The van der Waals surface area contributed by atoms with Gasteiger partial charge in [0.15, 0.2) is 6.29 Å². The molecule has 0 radical (unpaired) electrons. The summed E-state index contributed by atoms with van der Waals surface area (Å²) in [5, 5.41) is 28.2. The molecule has 0 aromatic heterocycles. The van der Waals surface area contributed by atoms with Crippen LogP contribution in [0.3, 0.4) is 0 Å². The fourth-order valence-electron chi connectivity index (χ4n) is 1.41. The van der Waals surface area contributed by atoms with Gasteiger partial charge in [-0.3, -0.25) is 0 Å². The van der Waals surface area contributed by atoms with Gasteiger partial charge in [0.25, 0.3) is 0 Å². The number of rotatable bonds is 4. The van der Waals surface area contributed by atoms with Gasteiger partial charge in [-0.25, -0.2) is 0 Å². The Hall–Kier alpha value is 1.91. The summed E-state index contributed by atoms with van der Waals surface area (Å²) in [6.07, 6.45) is -7.23. The van der Waals surface area contributed by atoms with E-state index in [2.05, 4.69) is 9.26 Å². The molecular weight excluding hydrogens is 305 g/mol. The number of ether oxygens (including phenoxy) is 2. The zero-order valence-electron chi connectivity index (χ0n) is 10.8. The molecule has 0 amide bonds. The maximum Gasteiger partial charge on any atom is 1.00 e. The maximum atomic E-state index is 10.2. The number of phosphoric acid groups is 1. The van der Waals surface area contributed by atoms with Crippen molar-refractivity contribution in [2.45, 2.75) is 30.7 Å². The van der Waals surface area contributed by atoms with E-state index in [0.717, 1.165) is 0 Å². The number of aliphatic hydroxyl groups excluding tert-OH is 3. The average Bonchev–Trinajstić information content (AvgIpc) is 2.24. The van der Waals surface area contributed by atoms with Gasteiger partial charge in [0.2, 0.25) is 0 Å². The second kappa shape index (κ2) is 9.83. The molecule has 0 bridgehead atoms. The van der Waals surface area contributed by atoms with Crippen molar-refractivity contribution in [1.82, 2.24) is 0 Å². The zero-order valence-corrected chi connectivity index (χ0v) is 15.7. The molecule has 0 aliphatic carbocycles. The number of aliphatic hydroxyl groups is 3. The van der Waals surface area contributed by atoms with Gasteiger partial charge in [0, 0.05) is 7.11 Å². The van der Waals surface area contributed by atoms with E-state index in [4.69, 9.17) is 4.74 Å². The van der Waals surface area contributed by atoms with E-state index in [9.17, 15) is 29.7 Å². The third-order valence-electron chi connectivity index (χ3n) is 2.30. The minimum atomic E-state index is -5.20. The Morgan fingerprint density at radius 2 is 1.68 bits per heavy atom. The van der Waals surface area contributed by atoms with Crippen LogP contribution < -0.4 is 68.9 Å². The van der Waals surface area contributed by atoms with Gasteiger partial charge in [-0.05, 0) is 0 Å². The van der Waals surface area contributed by atoms with Crippen LogP contribution in [-0.2, 0) is 18.6 Å². The van der Waals surface area contributed by atoms with E-state index < -0.39 is 45.1 Å². The molecule has 1 aliphatic heterocycles. The monoisotopic (exact) mass is 318 g/mol. The van der Waals surface area contributed by atoms with E-state index in [1.165, 1.54) is 7.11 Å². The van der Waals surface area contributed by atoms with Crippen LogP contribution in [0, 0.1) is 0 Å². The Labute approximate surface area is 154 Å². The second-order valence-electron chi connectivity index (χ2n) is 3.49. The quantitative estimate of drug-likeness (QED) is 0.339. The molecule has 9 nitrogen and oxygen atoms in total. The van der Waals surface area contributed by atoms with E-state index >= 15 is 0 Å². The summed E-state index contributed by atoms with van der Waals surface area (Å²) in [6.45, 7) is -0.769. The van der Waals surface area contributed by atoms with Crippen LogP contribution in [0.2, 0.25) is 0 Å². The molecule has 0 saturated carbocycles. The van der Waals surface area contributed by atoms with E-state index in [-0.39, 0.29) is 59.1 Å². The normalized spacial score (nSPS) is 35.2. The number of phosphoric ester groups is 1. The standard InChI is InChI=1S/C7H15O9P.2Na/c1-14-7-6(10)5(9)4(8)3(16-7)2-15-17(11,12)13;;/h3-10H,2H2,1H3,(H2,11,12,13);;/q;2*+1/p-2/t3-,4-,5+,6+,7?;;/m1../s1. The first-order chi connectivity index (χ1) is 7.76. The van der Waals surface area contributed by atoms with Crippen molar-refractivity contribution in [3.63, 3.8) is 0 Å². The third-order valence-corrected chi connectivity index (χ3v) is 2.76. The fourth-order valence-corrected chi connectivity index (χ4v) is 1.74. The largest absolute Gasteiger partial charge is 1.00 e. The van der Waals surface area contributed by atoms with Gasteiger partial charge >= 0.3 is 59.1 Å². The molecule has 12 heteroatoms. The molecule has 102 valence electrons. The molecule has 0 spiro atoms. The maximum absolute atomic E-state index is 10.2. The third kappa shape index (κ3) is 7.14. The van der Waals surface area contributed by atoms with Crippen molar-refractivity contribution in [2.75, 3.05) is 13.7 Å². The van der Waals surface area contributed by atoms with Crippen molar-refractivity contribution in [1.29, 1.82) is 0 Å². The summed E-state index contributed by atoms with van der Waals surface area (Å²) < 4.78 is 23.8. The summed E-state index contributed by atoms with van der Waals surface area (Å²) >= 11 is 0. The smallest absolute Gasteiger partial charge is 0.790 e. The van der Waals surface area contributed by atoms with Crippen LogP contribution >= 0.6 is 7.82 Å². The molecule has 5 atom stereocenters. The summed E-state index contributed by atoms with van der Waals surface area (Å²) in [5.74, 6) is 0. The van der Waals surface area contributed by atoms with Crippen molar-refractivity contribution in [3.05, 3.63) is 0 Å². The minimum absolute atomic E-state index is 0. The van der Waals surface area contributed by atoms with Gasteiger partial charge in [0.1, 0.15) is 24.4 Å². The summed E-state index contributed by atoms with van der Waals surface area (Å²) in [6, 6.07) is 0. The SMILES string of the molecule is COC1O[C@H](COP(=O)([O-])[O-])[C@@H](O)[C@H](O)[C@@H]1O.[Na+].[Na+]. The summed E-state index contributed by atoms with van der Waals surface area (Å²) in [4.78, 5) is 20.5. The first kappa shape index (κ1) is 23.2. The molecule has 19 heavy (non-hydrogen) atoms. The molecule has 1 unspecified atom stereocenters. The van der Waals surface area contributed by atoms with E-state index in [0.29, 0.717) is 0 Å². The molecule has 0 aromatic carbocycles. The zero-order chi connectivity index (χ0) is 13.2. The molecule has 3 N–H and O–H groups in total. The van der Waals surface area contributed by atoms with Gasteiger partial charge < -0.3 is 43.7 Å². The Morgan fingerprint density at radius 3 is 2.11 bits per heavy atom. The average molecular weight is 318 g/mol. The van der Waals surface area contributed by atoms with Crippen LogP contribution in [0.25, 0.3) is 0 Å². The molecule has 1 heterocycles. The van der Waals surface area contributed by atoms with Crippen LogP contribution in [-0.4, -0.2) is 59.7 Å². The summed E-state index contributed by atoms with van der Waals surface area (Å²) in [7, 11) is -4.02. The first-order valence-electron chi connectivity index (χ1n) is 4.65. The Morgan fingerprint density at radius 1 is 1.16 bits per heavy atom. The number of hydrogen-bond donors (Lipinski definition) is 3.